The molecule has 2 heterocycles. The summed E-state index contributed by atoms with van der Waals surface area (Å²) in [6.45, 7) is 8.16. The van der Waals surface area contributed by atoms with Crippen molar-refractivity contribution >= 4 is 48.3 Å². The molecular formula is C23H25N5O3S2. The summed E-state index contributed by atoms with van der Waals surface area (Å²) >= 11 is 1.23. The molecule has 2 aromatic heterocycles. The second-order valence-electron chi connectivity index (χ2n) is 8.03. The van der Waals surface area contributed by atoms with Gasteiger partial charge in [-0.3, -0.25) is 14.2 Å². The number of thiazole rings is 1. The molecule has 0 aliphatic heterocycles. The largest absolute Gasteiger partial charge is 0.326 e. The van der Waals surface area contributed by atoms with Crippen LogP contribution in [0.15, 0.2) is 47.4 Å². The maximum Gasteiger partial charge on any atom is 0.263 e. The van der Waals surface area contributed by atoms with Gasteiger partial charge in [-0.25, -0.2) is 13.4 Å². The molecule has 4 aromatic rings. The van der Waals surface area contributed by atoms with E-state index in [0.717, 1.165) is 27.2 Å². The summed E-state index contributed by atoms with van der Waals surface area (Å²) in [6, 6.07) is 12.3. The molecule has 4 rings (SSSR count). The number of nitrogens with one attached hydrogen (secondary N) is 2. The van der Waals surface area contributed by atoms with Gasteiger partial charge >= 0.3 is 0 Å². The number of amides is 1. The first-order valence-electron chi connectivity index (χ1n) is 10.4. The molecule has 0 fully saturated rings. The summed E-state index contributed by atoms with van der Waals surface area (Å²) in [5.41, 5.74) is 5.11. The summed E-state index contributed by atoms with van der Waals surface area (Å²) in [4.78, 5) is 17.1. The van der Waals surface area contributed by atoms with Gasteiger partial charge in [-0.15, -0.1) is 0 Å². The maximum atomic E-state index is 12.7. The minimum absolute atomic E-state index is 0.119. The number of benzene rings is 2. The van der Waals surface area contributed by atoms with E-state index in [4.69, 9.17) is 0 Å². The van der Waals surface area contributed by atoms with E-state index >= 15 is 0 Å². The molecule has 0 unspecified atom stereocenters. The van der Waals surface area contributed by atoms with Crippen molar-refractivity contribution in [3.05, 3.63) is 65.0 Å². The number of fused-ring (bicyclic) bond motifs is 1. The Morgan fingerprint density at radius 2 is 1.79 bits per heavy atom. The van der Waals surface area contributed by atoms with E-state index in [-0.39, 0.29) is 15.9 Å². The normalized spacial score (nSPS) is 11.6. The Labute approximate surface area is 196 Å². The summed E-state index contributed by atoms with van der Waals surface area (Å²) in [6.07, 6.45) is 0.295. The van der Waals surface area contributed by atoms with Crippen LogP contribution in [0.1, 0.15) is 28.9 Å². The van der Waals surface area contributed by atoms with Gasteiger partial charge in [0.1, 0.15) is 0 Å². The van der Waals surface area contributed by atoms with Crippen molar-refractivity contribution in [1.29, 1.82) is 0 Å². The number of aryl methyl sites for hydroxylation is 5. The van der Waals surface area contributed by atoms with Crippen molar-refractivity contribution in [1.82, 2.24) is 14.8 Å². The van der Waals surface area contributed by atoms with Crippen molar-refractivity contribution in [3.63, 3.8) is 0 Å². The molecule has 8 nitrogen and oxygen atoms in total. The second kappa shape index (κ2) is 8.95. The number of rotatable bonds is 7. The first kappa shape index (κ1) is 22.9. The zero-order chi connectivity index (χ0) is 23.8. The summed E-state index contributed by atoms with van der Waals surface area (Å²) in [7, 11) is -3.74. The number of hydrogen-bond donors (Lipinski definition) is 2. The van der Waals surface area contributed by atoms with E-state index < -0.39 is 10.0 Å². The smallest absolute Gasteiger partial charge is 0.263 e. The topological polar surface area (TPSA) is 106 Å². The van der Waals surface area contributed by atoms with Crippen LogP contribution in [-0.2, 0) is 21.4 Å². The molecule has 0 saturated carbocycles. The highest BCUT2D eigenvalue weighted by atomic mass is 32.2. The van der Waals surface area contributed by atoms with Crippen LogP contribution in [0.3, 0.4) is 0 Å². The fraction of sp³-hybridized carbons (Fsp3) is 0.261. The summed E-state index contributed by atoms with van der Waals surface area (Å²) in [5, 5.41) is 7.58. The Kier molecular flexibility index (Phi) is 6.22. The first-order valence-corrected chi connectivity index (χ1v) is 12.7. The molecule has 2 aromatic carbocycles. The van der Waals surface area contributed by atoms with Gasteiger partial charge in [-0.1, -0.05) is 29.0 Å². The quantitative estimate of drug-likeness (QED) is 0.401. The lowest BCUT2D eigenvalue weighted by Gasteiger charge is -2.08. The Morgan fingerprint density at radius 1 is 1.06 bits per heavy atom. The van der Waals surface area contributed by atoms with Gasteiger partial charge in [0.2, 0.25) is 5.91 Å². The predicted molar refractivity (Wildman–Crippen MR) is 131 cm³/mol. The molecular weight excluding hydrogens is 458 g/mol. The molecule has 0 aliphatic rings. The van der Waals surface area contributed by atoms with Gasteiger partial charge in [0.15, 0.2) is 5.13 Å². The van der Waals surface area contributed by atoms with Crippen molar-refractivity contribution in [2.24, 2.45) is 0 Å². The van der Waals surface area contributed by atoms with Crippen LogP contribution in [-0.4, -0.2) is 29.1 Å². The third-order valence-corrected chi connectivity index (χ3v) is 7.58. The Morgan fingerprint density at radius 3 is 2.45 bits per heavy atom. The SMILES string of the molecule is Cc1ccc(S(=O)(=O)Nc2nc3c(C)cc(NC(=O)CCn4nc(C)cc4C)cc3s2)cc1. The highest BCUT2D eigenvalue weighted by molar-refractivity contribution is 7.93. The van der Waals surface area contributed by atoms with Crippen LogP contribution in [0, 0.1) is 27.7 Å². The van der Waals surface area contributed by atoms with Gasteiger partial charge in [0.25, 0.3) is 10.0 Å². The Hall–Kier alpha value is -3.24. The minimum atomic E-state index is -3.74. The monoisotopic (exact) mass is 483 g/mol. The molecule has 0 aliphatic carbocycles. The number of anilines is 2. The Bertz CT molecular complexity index is 1440. The molecule has 0 saturated heterocycles. The fourth-order valence-electron chi connectivity index (χ4n) is 3.54. The number of aromatic nitrogens is 3. The van der Waals surface area contributed by atoms with E-state index in [1.165, 1.54) is 11.3 Å². The molecule has 10 heteroatoms. The second-order valence-corrected chi connectivity index (χ2v) is 10.7. The van der Waals surface area contributed by atoms with Crippen molar-refractivity contribution in [3.8, 4) is 0 Å². The lowest BCUT2D eigenvalue weighted by atomic mass is 10.2. The van der Waals surface area contributed by atoms with Gasteiger partial charge in [-0.05, 0) is 63.6 Å². The van der Waals surface area contributed by atoms with Crippen molar-refractivity contribution in [2.45, 2.75) is 45.6 Å². The van der Waals surface area contributed by atoms with Crippen LogP contribution < -0.4 is 10.0 Å². The highest BCUT2D eigenvalue weighted by Gasteiger charge is 2.17. The standard InChI is InChI=1S/C23H25N5O3S2/c1-14-5-7-19(8-6-14)33(30,31)27-23-25-22-15(2)11-18(13-20(22)32-23)24-21(29)9-10-28-17(4)12-16(3)26-28/h5-8,11-13H,9-10H2,1-4H3,(H,24,29)(H,25,27). The minimum Gasteiger partial charge on any atom is -0.326 e. The van der Waals surface area contributed by atoms with Crippen LogP contribution in [0.2, 0.25) is 0 Å². The molecule has 0 atom stereocenters. The molecule has 1 amide bonds. The van der Waals surface area contributed by atoms with Crippen LogP contribution >= 0.6 is 11.3 Å². The molecule has 172 valence electrons. The number of hydrogen-bond acceptors (Lipinski definition) is 6. The highest BCUT2D eigenvalue weighted by Crippen LogP contribution is 2.32. The summed E-state index contributed by atoms with van der Waals surface area (Å²) < 4.78 is 30.5. The zero-order valence-electron chi connectivity index (χ0n) is 18.8. The first-order chi connectivity index (χ1) is 15.6. The van der Waals surface area contributed by atoms with Gasteiger partial charge < -0.3 is 5.32 Å². The van der Waals surface area contributed by atoms with Crippen molar-refractivity contribution in [2.75, 3.05) is 10.0 Å². The number of sulfonamides is 1. The fourth-order valence-corrected chi connectivity index (χ4v) is 5.75. The molecule has 33 heavy (non-hydrogen) atoms. The maximum absolute atomic E-state index is 12.7. The van der Waals surface area contributed by atoms with Crippen molar-refractivity contribution < 1.29 is 13.2 Å². The van der Waals surface area contributed by atoms with Gasteiger partial charge in [0, 0.05) is 24.3 Å². The zero-order valence-corrected chi connectivity index (χ0v) is 20.5. The van der Waals surface area contributed by atoms with E-state index in [0.29, 0.717) is 24.2 Å². The lowest BCUT2D eigenvalue weighted by Crippen LogP contribution is -2.15. The predicted octanol–water partition coefficient (Wildman–Crippen LogP) is 4.56. The molecule has 0 radical (unpaired) electrons. The molecule has 2 N–H and O–H groups in total. The van der Waals surface area contributed by atoms with Gasteiger partial charge in [0.05, 0.1) is 20.8 Å². The van der Waals surface area contributed by atoms with Crippen LogP contribution in [0.4, 0.5) is 10.8 Å². The van der Waals surface area contributed by atoms with E-state index in [9.17, 15) is 13.2 Å². The van der Waals surface area contributed by atoms with Crippen LogP contribution in [0.25, 0.3) is 10.2 Å². The summed E-state index contributed by atoms with van der Waals surface area (Å²) in [5.74, 6) is -0.119. The average molecular weight is 484 g/mol. The van der Waals surface area contributed by atoms with E-state index in [1.54, 1.807) is 24.3 Å². The number of carbonyl (C=O) groups is 1. The molecule has 0 spiro atoms. The average Bonchev–Trinajstić information content (AvgIpc) is 3.28. The van der Waals surface area contributed by atoms with E-state index in [2.05, 4.69) is 20.1 Å². The number of carbonyl (C=O) groups excluding carboxylic acids is 1. The van der Waals surface area contributed by atoms with Gasteiger partial charge in [-0.2, -0.15) is 5.10 Å². The third kappa shape index (κ3) is 5.23. The lowest BCUT2D eigenvalue weighted by molar-refractivity contribution is -0.116. The van der Waals surface area contributed by atoms with Crippen LogP contribution in [0.5, 0.6) is 0 Å². The number of nitrogens with zero attached hydrogens (tertiary/aromatic N) is 3. The van der Waals surface area contributed by atoms with E-state index in [1.807, 2.05) is 50.6 Å². The Balaban J connectivity index is 1.48. The molecule has 0 bridgehead atoms. The third-order valence-electron chi connectivity index (χ3n) is 5.18.